The molecule has 0 bridgehead atoms. The molecule has 5 nitrogen and oxygen atoms in total. The number of thiazole rings is 1. The van der Waals surface area contributed by atoms with E-state index in [9.17, 15) is 14.0 Å². The van der Waals surface area contributed by atoms with Crippen LogP contribution in [0.4, 0.5) is 15.2 Å². The van der Waals surface area contributed by atoms with Crippen LogP contribution in [0.25, 0.3) is 0 Å². The molecule has 1 aromatic heterocycles. The molecule has 2 aromatic carbocycles. The topological polar surface area (TPSA) is 71.1 Å². The van der Waals surface area contributed by atoms with Gasteiger partial charge in [-0.15, -0.1) is 23.1 Å². The van der Waals surface area contributed by atoms with Crippen LogP contribution >= 0.6 is 23.1 Å². The Hall–Kier alpha value is -2.71. The summed E-state index contributed by atoms with van der Waals surface area (Å²) in [6.45, 7) is 0. The molecule has 1 heterocycles. The van der Waals surface area contributed by atoms with E-state index in [1.807, 2.05) is 0 Å². The third kappa shape index (κ3) is 4.90. The zero-order valence-electron chi connectivity index (χ0n) is 13.4. The van der Waals surface area contributed by atoms with Crippen LogP contribution in [-0.4, -0.2) is 22.6 Å². The number of benzene rings is 2. The molecule has 0 saturated carbocycles. The Labute approximate surface area is 157 Å². The molecule has 3 rings (SSSR count). The van der Waals surface area contributed by atoms with E-state index in [1.54, 1.807) is 41.9 Å². The first kappa shape index (κ1) is 18.1. The van der Waals surface area contributed by atoms with Gasteiger partial charge >= 0.3 is 0 Å². The monoisotopic (exact) mass is 387 g/mol. The van der Waals surface area contributed by atoms with Crippen molar-refractivity contribution in [3.05, 3.63) is 71.5 Å². The number of carbonyl (C=O) groups is 2. The number of hydrogen-bond acceptors (Lipinski definition) is 5. The molecule has 0 aliphatic heterocycles. The number of halogens is 1. The second-order valence-corrected chi connectivity index (χ2v) is 7.08. The zero-order chi connectivity index (χ0) is 18.4. The predicted molar refractivity (Wildman–Crippen MR) is 102 cm³/mol. The first-order valence-electron chi connectivity index (χ1n) is 7.60. The van der Waals surface area contributed by atoms with E-state index in [0.717, 1.165) is 4.90 Å². The van der Waals surface area contributed by atoms with Gasteiger partial charge in [0.25, 0.3) is 5.91 Å². The van der Waals surface area contributed by atoms with Gasteiger partial charge < -0.3 is 10.6 Å². The van der Waals surface area contributed by atoms with Gasteiger partial charge in [-0.05, 0) is 36.4 Å². The van der Waals surface area contributed by atoms with Crippen molar-refractivity contribution in [2.75, 3.05) is 16.4 Å². The van der Waals surface area contributed by atoms with Crippen molar-refractivity contribution in [3.63, 3.8) is 0 Å². The standard InChI is InChI=1S/C18H14FN3O2S2/c19-15-4-2-1-3-14(15)17(24)21-12-5-7-13(8-6-12)26-11-16(23)22-18-20-9-10-25-18/h1-10H,11H2,(H,21,24)(H,20,22,23). The predicted octanol–water partition coefficient (Wildman–Crippen LogP) is 4.27. The fourth-order valence-electron chi connectivity index (χ4n) is 2.07. The number of nitrogens with zero attached hydrogens (tertiary/aromatic N) is 1. The van der Waals surface area contributed by atoms with Crippen LogP contribution < -0.4 is 10.6 Å². The summed E-state index contributed by atoms with van der Waals surface area (Å²) in [5.74, 6) is -0.961. The van der Waals surface area contributed by atoms with Crippen LogP contribution in [0.2, 0.25) is 0 Å². The molecule has 26 heavy (non-hydrogen) atoms. The summed E-state index contributed by atoms with van der Waals surface area (Å²) in [5.41, 5.74) is 0.541. The minimum Gasteiger partial charge on any atom is -0.322 e. The first-order valence-corrected chi connectivity index (χ1v) is 9.46. The number of nitrogens with one attached hydrogen (secondary N) is 2. The number of carbonyl (C=O) groups excluding carboxylic acids is 2. The molecule has 8 heteroatoms. The number of thioether (sulfide) groups is 1. The molecule has 0 aliphatic carbocycles. The molecule has 2 N–H and O–H groups in total. The highest BCUT2D eigenvalue weighted by Gasteiger charge is 2.11. The lowest BCUT2D eigenvalue weighted by Gasteiger charge is -2.07. The van der Waals surface area contributed by atoms with E-state index in [2.05, 4.69) is 15.6 Å². The lowest BCUT2D eigenvalue weighted by atomic mass is 10.2. The van der Waals surface area contributed by atoms with Crippen molar-refractivity contribution in [1.29, 1.82) is 0 Å². The summed E-state index contributed by atoms with van der Waals surface area (Å²) in [5, 5.41) is 7.71. The van der Waals surface area contributed by atoms with Crippen molar-refractivity contribution in [3.8, 4) is 0 Å². The van der Waals surface area contributed by atoms with Gasteiger partial charge in [-0.2, -0.15) is 0 Å². The normalized spacial score (nSPS) is 10.3. The Bertz CT molecular complexity index is 899. The van der Waals surface area contributed by atoms with Crippen molar-refractivity contribution < 1.29 is 14.0 Å². The molecule has 0 radical (unpaired) electrons. The fourth-order valence-corrected chi connectivity index (χ4v) is 3.31. The molecule has 0 fully saturated rings. The largest absolute Gasteiger partial charge is 0.322 e. The zero-order valence-corrected chi connectivity index (χ0v) is 15.1. The van der Waals surface area contributed by atoms with E-state index in [4.69, 9.17) is 0 Å². The molecule has 3 aromatic rings. The van der Waals surface area contributed by atoms with Gasteiger partial charge in [-0.3, -0.25) is 9.59 Å². The second-order valence-electron chi connectivity index (χ2n) is 5.13. The van der Waals surface area contributed by atoms with Crippen LogP contribution in [-0.2, 0) is 4.79 Å². The molecule has 0 spiro atoms. The molecule has 0 atom stereocenters. The average molecular weight is 387 g/mol. The van der Waals surface area contributed by atoms with Crippen LogP contribution in [0.3, 0.4) is 0 Å². The number of hydrogen-bond donors (Lipinski definition) is 2. The highest BCUT2D eigenvalue weighted by atomic mass is 32.2. The van der Waals surface area contributed by atoms with Crippen molar-refractivity contribution in [2.45, 2.75) is 4.90 Å². The average Bonchev–Trinajstić information content (AvgIpc) is 3.14. The minimum atomic E-state index is -0.566. The summed E-state index contributed by atoms with van der Waals surface area (Å²) >= 11 is 2.73. The molecule has 0 saturated heterocycles. The van der Waals surface area contributed by atoms with Crippen LogP contribution in [0.5, 0.6) is 0 Å². The van der Waals surface area contributed by atoms with Gasteiger partial charge in [0.1, 0.15) is 5.82 Å². The number of amides is 2. The van der Waals surface area contributed by atoms with Gasteiger partial charge in [-0.25, -0.2) is 9.37 Å². The van der Waals surface area contributed by atoms with E-state index in [0.29, 0.717) is 10.8 Å². The minimum absolute atomic E-state index is 0.00944. The van der Waals surface area contributed by atoms with E-state index >= 15 is 0 Å². The molecule has 0 aliphatic rings. The van der Waals surface area contributed by atoms with Crippen molar-refractivity contribution in [1.82, 2.24) is 4.98 Å². The smallest absolute Gasteiger partial charge is 0.258 e. The SMILES string of the molecule is O=C(CSc1ccc(NC(=O)c2ccccc2F)cc1)Nc1nccs1. The van der Waals surface area contributed by atoms with Crippen molar-refractivity contribution in [2.24, 2.45) is 0 Å². The second kappa shape index (κ2) is 8.59. The maximum Gasteiger partial charge on any atom is 0.258 e. The van der Waals surface area contributed by atoms with Gasteiger partial charge in [0.05, 0.1) is 11.3 Å². The summed E-state index contributed by atoms with van der Waals surface area (Å²) in [4.78, 5) is 28.8. The highest BCUT2D eigenvalue weighted by molar-refractivity contribution is 8.00. The quantitative estimate of drug-likeness (QED) is 0.620. The maximum atomic E-state index is 13.6. The molecule has 2 amide bonds. The molecular weight excluding hydrogens is 373 g/mol. The molecule has 132 valence electrons. The van der Waals surface area contributed by atoms with Crippen molar-refractivity contribution >= 4 is 45.7 Å². The Morgan fingerprint density at radius 1 is 1.08 bits per heavy atom. The third-order valence-corrected chi connectivity index (χ3v) is 4.98. The molecular formula is C18H14FN3O2S2. The summed E-state index contributed by atoms with van der Waals surface area (Å²) in [7, 11) is 0. The maximum absolute atomic E-state index is 13.6. The third-order valence-electron chi connectivity index (χ3n) is 3.28. The van der Waals surface area contributed by atoms with Gasteiger partial charge in [-0.1, -0.05) is 12.1 Å². The first-order chi connectivity index (χ1) is 12.6. The van der Waals surface area contributed by atoms with Crippen LogP contribution in [0.15, 0.2) is 65.0 Å². The Morgan fingerprint density at radius 2 is 1.85 bits per heavy atom. The fraction of sp³-hybridized carbons (Fsp3) is 0.0556. The van der Waals surface area contributed by atoms with E-state index in [1.165, 1.54) is 41.3 Å². The Morgan fingerprint density at radius 3 is 2.54 bits per heavy atom. The lowest BCUT2D eigenvalue weighted by Crippen LogP contribution is -2.14. The van der Waals surface area contributed by atoms with Crippen LogP contribution in [0.1, 0.15) is 10.4 Å². The molecule has 0 unspecified atom stereocenters. The van der Waals surface area contributed by atoms with Gasteiger partial charge in [0.2, 0.25) is 5.91 Å². The van der Waals surface area contributed by atoms with E-state index in [-0.39, 0.29) is 17.2 Å². The Balaban J connectivity index is 1.52. The number of anilines is 2. The summed E-state index contributed by atoms with van der Waals surface area (Å²) < 4.78 is 13.6. The van der Waals surface area contributed by atoms with Crippen LogP contribution in [0, 0.1) is 5.82 Å². The lowest BCUT2D eigenvalue weighted by molar-refractivity contribution is -0.113. The number of rotatable bonds is 6. The summed E-state index contributed by atoms with van der Waals surface area (Å²) in [6.07, 6.45) is 1.63. The highest BCUT2D eigenvalue weighted by Crippen LogP contribution is 2.21. The Kier molecular flexibility index (Phi) is 5.98. The van der Waals surface area contributed by atoms with Gasteiger partial charge in [0, 0.05) is 22.2 Å². The van der Waals surface area contributed by atoms with Gasteiger partial charge in [0.15, 0.2) is 5.13 Å². The number of aromatic nitrogens is 1. The summed E-state index contributed by atoms with van der Waals surface area (Å²) in [6, 6.07) is 12.8. The van der Waals surface area contributed by atoms with E-state index < -0.39 is 11.7 Å².